The number of aliphatic hydroxyl groups is 1. The Kier molecular flexibility index (Phi) is 3.98. The smallest absolute Gasteiger partial charge is 0.255 e. The molecule has 0 aromatic carbocycles. The van der Waals surface area contributed by atoms with Gasteiger partial charge in [0.05, 0.1) is 23.9 Å². The predicted octanol–water partition coefficient (Wildman–Crippen LogP) is 1.76. The van der Waals surface area contributed by atoms with Crippen LogP contribution in [-0.4, -0.2) is 44.7 Å². The Morgan fingerprint density at radius 2 is 2.23 bits per heavy atom. The van der Waals surface area contributed by atoms with Gasteiger partial charge in [0.25, 0.3) is 5.91 Å². The van der Waals surface area contributed by atoms with Crippen molar-refractivity contribution < 1.29 is 9.90 Å². The molecule has 1 saturated heterocycles. The van der Waals surface area contributed by atoms with Crippen LogP contribution >= 0.6 is 0 Å². The molecule has 0 spiro atoms. The highest BCUT2D eigenvalue weighted by molar-refractivity contribution is 5.96. The standard InChI is InChI=1S/C17H21N3O2/c1-12-9-16(17(22)19-8-6-15(21)11-19)13(2)20(12)10-14-5-3-4-7-18-14/h3-5,7,9,15,21H,6,8,10-11H2,1-2H3/t15-/m1/s1. The van der Waals surface area contributed by atoms with Gasteiger partial charge in [-0.1, -0.05) is 6.07 Å². The molecule has 0 bridgehead atoms. The van der Waals surface area contributed by atoms with Crippen molar-refractivity contribution in [2.75, 3.05) is 13.1 Å². The number of carbonyl (C=O) groups is 1. The second kappa shape index (κ2) is 5.93. The van der Waals surface area contributed by atoms with E-state index in [0.29, 0.717) is 26.1 Å². The molecule has 5 heteroatoms. The minimum Gasteiger partial charge on any atom is -0.391 e. The average molecular weight is 299 g/mol. The molecule has 22 heavy (non-hydrogen) atoms. The SMILES string of the molecule is Cc1cc(C(=O)N2CC[C@@H](O)C2)c(C)n1Cc1ccccn1. The molecule has 2 aromatic rings. The van der Waals surface area contributed by atoms with Crippen LogP contribution in [0.15, 0.2) is 30.5 Å². The highest BCUT2D eigenvalue weighted by Gasteiger charge is 2.27. The van der Waals surface area contributed by atoms with E-state index in [9.17, 15) is 9.90 Å². The molecule has 116 valence electrons. The fourth-order valence-electron chi connectivity index (χ4n) is 3.01. The third-order valence-electron chi connectivity index (χ3n) is 4.30. The summed E-state index contributed by atoms with van der Waals surface area (Å²) in [5.41, 5.74) is 3.70. The summed E-state index contributed by atoms with van der Waals surface area (Å²) in [5, 5.41) is 9.61. The van der Waals surface area contributed by atoms with Gasteiger partial charge in [-0.15, -0.1) is 0 Å². The lowest BCUT2D eigenvalue weighted by Gasteiger charge is -2.15. The van der Waals surface area contributed by atoms with Crippen molar-refractivity contribution >= 4 is 5.91 Å². The maximum Gasteiger partial charge on any atom is 0.255 e. The molecule has 0 unspecified atom stereocenters. The molecule has 1 fully saturated rings. The van der Waals surface area contributed by atoms with Crippen molar-refractivity contribution in [3.8, 4) is 0 Å². The van der Waals surface area contributed by atoms with Gasteiger partial charge in [0.2, 0.25) is 0 Å². The van der Waals surface area contributed by atoms with Gasteiger partial charge in [0.15, 0.2) is 0 Å². The maximum absolute atomic E-state index is 12.6. The van der Waals surface area contributed by atoms with E-state index in [-0.39, 0.29) is 12.0 Å². The maximum atomic E-state index is 12.6. The molecule has 5 nitrogen and oxygen atoms in total. The fraction of sp³-hybridized carbons (Fsp3) is 0.412. The summed E-state index contributed by atoms with van der Waals surface area (Å²) in [6.45, 7) is 5.70. The van der Waals surface area contributed by atoms with Gasteiger partial charge < -0.3 is 14.6 Å². The Balaban J connectivity index is 1.85. The number of rotatable bonds is 3. The number of hydrogen-bond acceptors (Lipinski definition) is 3. The highest BCUT2D eigenvalue weighted by Crippen LogP contribution is 2.20. The largest absolute Gasteiger partial charge is 0.391 e. The first-order valence-corrected chi connectivity index (χ1v) is 7.60. The van der Waals surface area contributed by atoms with Gasteiger partial charge in [-0.3, -0.25) is 9.78 Å². The first-order valence-electron chi connectivity index (χ1n) is 7.60. The second-order valence-electron chi connectivity index (χ2n) is 5.89. The van der Waals surface area contributed by atoms with Gasteiger partial charge in [-0.05, 0) is 38.5 Å². The van der Waals surface area contributed by atoms with Crippen molar-refractivity contribution in [2.45, 2.75) is 32.9 Å². The minimum atomic E-state index is -0.388. The topological polar surface area (TPSA) is 58.4 Å². The van der Waals surface area contributed by atoms with Gasteiger partial charge in [-0.2, -0.15) is 0 Å². The van der Waals surface area contributed by atoms with Gasteiger partial charge in [0.1, 0.15) is 0 Å². The van der Waals surface area contributed by atoms with Crippen LogP contribution in [-0.2, 0) is 6.54 Å². The van der Waals surface area contributed by atoms with E-state index in [2.05, 4.69) is 9.55 Å². The van der Waals surface area contributed by atoms with Gasteiger partial charge in [0, 0.05) is 30.7 Å². The number of aliphatic hydroxyl groups excluding tert-OH is 1. The normalized spacial score (nSPS) is 18.0. The summed E-state index contributed by atoms with van der Waals surface area (Å²) in [6, 6.07) is 7.78. The van der Waals surface area contributed by atoms with E-state index >= 15 is 0 Å². The fourth-order valence-corrected chi connectivity index (χ4v) is 3.01. The van der Waals surface area contributed by atoms with Crippen LogP contribution in [0, 0.1) is 13.8 Å². The lowest BCUT2D eigenvalue weighted by molar-refractivity contribution is 0.0764. The zero-order chi connectivity index (χ0) is 15.7. The summed E-state index contributed by atoms with van der Waals surface area (Å²) in [4.78, 5) is 18.7. The van der Waals surface area contributed by atoms with Crippen LogP contribution in [0.2, 0.25) is 0 Å². The Morgan fingerprint density at radius 3 is 2.86 bits per heavy atom. The molecule has 1 atom stereocenters. The summed E-state index contributed by atoms with van der Waals surface area (Å²) in [6.07, 6.45) is 2.06. The summed E-state index contributed by atoms with van der Waals surface area (Å²) >= 11 is 0. The van der Waals surface area contributed by atoms with Crippen LogP contribution in [0.3, 0.4) is 0 Å². The number of amides is 1. The Labute approximate surface area is 130 Å². The lowest BCUT2D eigenvalue weighted by Crippen LogP contribution is -2.29. The number of aromatic nitrogens is 2. The van der Waals surface area contributed by atoms with E-state index in [1.54, 1.807) is 11.1 Å². The zero-order valence-corrected chi connectivity index (χ0v) is 13.0. The van der Waals surface area contributed by atoms with Crippen molar-refractivity contribution in [1.29, 1.82) is 0 Å². The lowest BCUT2D eigenvalue weighted by atomic mass is 10.2. The molecular formula is C17H21N3O2. The van der Waals surface area contributed by atoms with Crippen molar-refractivity contribution in [2.24, 2.45) is 0 Å². The molecule has 3 heterocycles. The number of β-amino-alcohol motifs (C(OH)–C–C–N with tert-alkyl or cyclic N) is 1. The number of hydrogen-bond donors (Lipinski definition) is 1. The molecule has 1 N–H and O–H groups in total. The summed E-state index contributed by atoms with van der Waals surface area (Å²) in [5.74, 6) is 0.0110. The Bertz CT molecular complexity index is 679. The molecule has 1 amide bonds. The number of aryl methyl sites for hydroxylation is 1. The molecule has 1 aliphatic rings. The average Bonchev–Trinajstić information content (AvgIpc) is 3.06. The van der Waals surface area contributed by atoms with Gasteiger partial charge >= 0.3 is 0 Å². The molecule has 0 saturated carbocycles. The summed E-state index contributed by atoms with van der Waals surface area (Å²) < 4.78 is 2.11. The van der Waals surface area contributed by atoms with Crippen molar-refractivity contribution in [3.05, 3.63) is 53.1 Å². The van der Waals surface area contributed by atoms with Crippen LogP contribution in [0.4, 0.5) is 0 Å². The third-order valence-corrected chi connectivity index (χ3v) is 4.30. The molecule has 3 rings (SSSR count). The molecule has 0 radical (unpaired) electrons. The zero-order valence-electron chi connectivity index (χ0n) is 13.0. The van der Waals surface area contributed by atoms with Crippen molar-refractivity contribution in [3.63, 3.8) is 0 Å². The molecule has 1 aliphatic heterocycles. The van der Waals surface area contributed by atoms with E-state index in [4.69, 9.17) is 0 Å². The Morgan fingerprint density at radius 1 is 1.41 bits per heavy atom. The van der Waals surface area contributed by atoms with E-state index < -0.39 is 0 Å². The number of carbonyl (C=O) groups excluding carboxylic acids is 1. The van der Waals surface area contributed by atoms with Crippen LogP contribution in [0.5, 0.6) is 0 Å². The minimum absolute atomic E-state index is 0.0110. The molecule has 2 aromatic heterocycles. The van der Waals surface area contributed by atoms with Gasteiger partial charge in [-0.25, -0.2) is 0 Å². The number of likely N-dealkylation sites (tertiary alicyclic amines) is 1. The monoisotopic (exact) mass is 299 g/mol. The third kappa shape index (κ3) is 2.76. The van der Waals surface area contributed by atoms with Crippen molar-refractivity contribution in [1.82, 2.24) is 14.5 Å². The molecule has 0 aliphatic carbocycles. The van der Waals surface area contributed by atoms with Crippen LogP contribution in [0.25, 0.3) is 0 Å². The number of pyridine rings is 1. The predicted molar refractivity (Wildman–Crippen MR) is 83.8 cm³/mol. The highest BCUT2D eigenvalue weighted by atomic mass is 16.3. The number of nitrogens with zero attached hydrogens (tertiary/aromatic N) is 3. The first-order chi connectivity index (χ1) is 10.6. The first kappa shape index (κ1) is 14.8. The van der Waals surface area contributed by atoms with E-state index in [1.165, 1.54) is 0 Å². The second-order valence-corrected chi connectivity index (χ2v) is 5.89. The molecular weight excluding hydrogens is 278 g/mol. The quantitative estimate of drug-likeness (QED) is 0.939. The van der Waals surface area contributed by atoms with E-state index in [1.807, 2.05) is 38.1 Å². The summed E-state index contributed by atoms with van der Waals surface area (Å²) in [7, 11) is 0. The Hall–Kier alpha value is -2.14. The van der Waals surface area contributed by atoms with Crippen LogP contribution < -0.4 is 0 Å². The van der Waals surface area contributed by atoms with E-state index in [0.717, 1.165) is 22.6 Å². The van der Waals surface area contributed by atoms with Crippen LogP contribution in [0.1, 0.15) is 33.9 Å².